The average molecular weight is 388 g/mol. The molecule has 0 aliphatic rings. The quantitative estimate of drug-likeness (QED) is 0.524. The van der Waals surface area contributed by atoms with Crippen LogP contribution in [0.15, 0.2) is 42.5 Å². The van der Waals surface area contributed by atoms with Crippen molar-refractivity contribution in [2.75, 3.05) is 13.2 Å². The van der Waals surface area contributed by atoms with Crippen molar-refractivity contribution in [3.63, 3.8) is 0 Å². The molecule has 0 fully saturated rings. The van der Waals surface area contributed by atoms with Crippen LogP contribution >= 0.6 is 34.8 Å². The van der Waals surface area contributed by atoms with E-state index in [-0.39, 0.29) is 6.61 Å². The van der Waals surface area contributed by atoms with Crippen molar-refractivity contribution in [3.05, 3.63) is 63.1 Å². The Hall–Kier alpha value is -1.88. The van der Waals surface area contributed by atoms with Gasteiger partial charge in [-0.1, -0.05) is 46.9 Å². The lowest BCUT2D eigenvalue weighted by atomic mass is 10.2. The van der Waals surface area contributed by atoms with Crippen LogP contribution in [0.4, 0.5) is 0 Å². The fourth-order valence-electron chi connectivity index (χ4n) is 1.81. The molecular formula is C17H13Cl3O4. The van der Waals surface area contributed by atoms with E-state index in [4.69, 9.17) is 49.4 Å². The van der Waals surface area contributed by atoms with Gasteiger partial charge in [-0.3, -0.25) is 0 Å². The minimum Gasteiger partial charge on any atom is -0.490 e. The first kappa shape index (κ1) is 18.5. The summed E-state index contributed by atoms with van der Waals surface area (Å²) in [7, 11) is 0. The zero-order chi connectivity index (χ0) is 17.5. The van der Waals surface area contributed by atoms with E-state index in [9.17, 15) is 4.79 Å². The summed E-state index contributed by atoms with van der Waals surface area (Å²) < 4.78 is 11.0. The first-order valence-electron chi connectivity index (χ1n) is 6.87. The van der Waals surface area contributed by atoms with Crippen molar-refractivity contribution in [2.24, 2.45) is 0 Å². The Bertz CT molecular complexity index is 719. The molecule has 4 nitrogen and oxygen atoms in total. The molecule has 0 aromatic heterocycles. The van der Waals surface area contributed by atoms with Crippen molar-refractivity contribution < 1.29 is 19.4 Å². The molecule has 2 aromatic carbocycles. The molecule has 0 amide bonds. The lowest BCUT2D eigenvalue weighted by molar-refractivity contribution is -0.131. The zero-order valence-corrected chi connectivity index (χ0v) is 14.6. The van der Waals surface area contributed by atoms with E-state index in [1.54, 1.807) is 36.4 Å². The summed E-state index contributed by atoms with van der Waals surface area (Å²) in [5, 5.41) is 9.68. The minimum atomic E-state index is -0.994. The first-order valence-corrected chi connectivity index (χ1v) is 8.00. The van der Waals surface area contributed by atoms with E-state index in [0.717, 1.165) is 11.6 Å². The highest BCUT2D eigenvalue weighted by Gasteiger charge is 2.09. The molecule has 0 heterocycles. The van der Waals surface area contributed by atoms with Crippen LogP contribution in [0.1, 0.15) is 5.56 Å². The van der Waals surface area contributed by atoms with Gasteiger partial charge in [-0.2, -0.15) is 0 Å². The average Bonchev–Trinajstić information content (AvgIpc) is 2.52. The highest BCUT2D eigenvalue weighted by atomic mass is 35.5. The number of carboxylic acid groups (broad SMARTS) is 1. The molecule has 0 aliphatic carbocycles. The molecule has 2 aromatic rings. The van der Waals surface area contributed by atoms with Crippen LogP contribution in [0.2, 0.25) is 15.1 Å². The van der Waals surface area contributed by atoms with Crippen molar-refractivity contribution in [2.45, 2.75) is 0 Å². The molecule has 1 N–H and O–H groups in total. The van der Waals surface area contributed by atoms with Gasteiger partial charge in [0, 0.05) is 11.1 Å². The third kappa shape index (κ3) is 5.64. The van der Waals surface area contributed by atoms with Crippen LogP contribution in [0.5, 0.6) is 11.5 Å². The normalized spacial score (nSPS) is 10.8. The Morgan fingerprint density at radius 2 is 1.58 bits per heavy atom. The Kier molecular flexibility index (Phi) is 6.79. The number of carbonyl (C=O) groups is 1. The van der Waals surface area contributed by atoms with Crippen LogP contribution in [-0.4, -0.2) is 24.3 Å². The van der Waals surface area contributed by atoms with Crippen molar-refractivity contribution in [1.82, 2.24) is 0 Å². The third-order valence-electron chi connectivity index (χ3n) is 2.86. The minimum absolute atomic E-state index is 0.252. The van der Waals surface area contributed by atoms with Gasteiger partial charge < -0.3 is 14.6 Å². The fourth-order valence-corrected chi connectivity index (χ4v) is 2.74. The van der Waals surface area contributed by atoms with Crippen molar-refractivity contribution >= 4 is 46.8 Å². The summed E-state index contributed by atoms with van der Waals surface area (Å²) in [6.07, 6.45) is 2.57. The van der Waals surface area contributed by atoms with E-state index in [1.807, 2.05) is 0 Å². The van der Waals surface area contributed by atoms with Crippen molar-refractivity contribution in [1.29, 1.82) is 0 Å². The van der Waals surface area contributed by atoms with E-state index < -0.39 is 5.97 Å². The monoisotopic (exact) mass is 386 g/mol. The number of halogens is 3. The number of aliphatic carboxylic acids is 1. The topological polar surface area (TPSA) is 55.8 Å². The molecule has 0 atom stereocenters. The zero-order valence-electron chi connectivity index (χ0n) is 12.3. The van der Waals surface area contributed by atoms with E-state index >= 15 is 0 Å². The Morgan fingerprint density at radius 3 is 2.17 bits per heavy atom. The highest BCUT2D eigenvalue weighted by Crippen LogP contribution is 2.35. The predicted octanol–water partition coefficient (Wildman–Crippen LogP) is 5.20. The highest BCUT2D eigenvalue weighted by molar-refractivity contribution is 6.40. The number of hydrogen-bond acceptors (Lipinski definition) is 3. The Morgan fingerprint density at radius 1 is 1.00 bits per heavy atom. The third-order valence-corrected chi connectivity index (χ3v) is 3.64. The van der Waals surface area contributed by atoms with Crippen LogP contribution < -0.4 is 9.47 Å². The van der Waals surface area contributed by atoms with Gasteiger partial charge in [-0.25, -0.2) is 4.79 Å². The van der Waals surface area contributed by atoms with Crippen LogP contribution in [0, 0.1) is 0 Å². The Labute approximate surface area is 154 Å². The van der Waals surface area contributed by atoms with E-state index in [2.05, 4.69) is 0 Å². The number of ether oxygens (including phenoxy) is 2. The maximum Gasteiger partial charge on any atom is 0.328 e. The van der Waals surface area contributed by atoms with Crippen molar-refractivity contribution in [3.8, 4) is 11.5 Å². The maximum absolute atomic E-state index is 10.4. The number of carboxylic acids is 1. The van der Waals surface area contributed by atoms with Gasteiger partial charge in [0.05, 0.1) is 10.0 Å². The number of benzene rings is 2. The molecule has 0 radical (unpaired) electrons. The van der Waals surface area contributed by atoms with E-state index in [0.29, 0.717) is 33.2 Å². The van der Waals surface area contributed by atoms with Gasteiger partial charge in [0.2, 0.25) is 0 Å². The van der Waals surface area contributed by atoms with Gasteiger partial charge in [-0.05, 0) is 35.9 Å². The maximum atomic E-state index is 10.4. The summed E-state index contributed by atoms with van der Waals surface area (Å²) in [4.78, 5) is 10.4. The second-order valence-corrected chi connectivity index (χ2v) is 5.89. The van der Waals surface area contributed by atoms with Crippen LogP contribution in [-0.2, 0) is 4.79 Å². The second-order valence-electron chi connectivity index (χ2n) is 4.64. The largest absolute Gasteiger partial charge is 0.490 e. The SMILES string of the molecule is O=C(O)C=Cc1ccc(OCCOc2c(Cl)cc(Cl)cc2Cl)cc1. The van der Waals surface area contributed by atoms with Gasteiger partial charge in [0.1, 0.15) is 19.0 Å². The summed E-state index contributed by atoms with van der Waals surface area (Å²) in [6.45, 7) is 0.543. The summed E-state index contributed by atoms with van der Waals surface area (Å²) >= 11 is 17.9. The molecule has 7 heteroatoms. The summed E-state index contributed by atoms with van der Waals surface area (Å²) in [5.74, 6) is 0.00635. The number of rotatable bonds is 7. The van der Waals surface area contributed by atoms with Gasteiger partial charge in [0.15, 0.2) is 5.75 Å². The second kappa shape index (κ2) is 8.83. The molecule has 2 rings (SSSR count). The standard InChI is InChI=1S/C17H13Cl3O4/c18-12-9-14(19)17(15(20)10-12)24-8-7-23-13-4-1-11(2-5-13)3-6-16(21)22/h1-6,9-10H,7-8H2,(H,21,22). The molecule has 0 unspecified atom stereocenters. The molecule has 24 heavy (non-hydrogen) atoms. The molecule has 0 aliphatic heterocycles. The lowest BCUT2D eigenvalue weighted by Gasteiger charge is -2.11. The smallest absolute Gasteiger partial charge is 0.328 e. The Balaban J connectivity index is 1.83. The van der Waals surface area contributed by atoms with Crippen LogP contribution in [0.25, 0.3) is 6.08 Å². The molecule has 0 saturated heterocycles. The van der Waals surface area contributed by atoms with Crippen LogP contribution in [0.3, 0.4) is 0 Å². The fraction of sp³-hybridized carbons (Fsp3) is 0.118. The predicted molar refractivity (Wildman–Crippen MR) is 95.6 cm³/mol. The molecule has 0 saturated carbocycles. The van der Waals surface area contributed by atoms with E-state index in [1.165, 1.54) is 6.08 Å². The first-order chi connectivity index (χ1) is 11.5. The van der Waals surface area contributed by atoms with Gasteiger partial charge in [-0.15, -0.1) is 0 Å². The molecule has 0 spiro atoms. The van der Waals surface area contributed by atoms with Gasteiger partial charge in [0.25, 0.3) is 0 Å². The lowest BCUT2D eigenvalue weighted by Crippen LogP contribution is -2.09. The molecular weight excluding hydrogens is 375 g/mol. The summed E-state index contributed by atoms with van der Waals surface area (Å²) in [5.41, 5.74) is 0.765. The summed E-state index contributed by atoms with van der Waals surface area (Å²) in [6, 6.07) is 10.1. The molecule has 126 valence electrons. The molecule has 0 bridgehead atoms. The number of hydrogen-bond donors (Lipinski definition) is 1. The van der Waals surface area contributed by atoms with Gasteiger partial charge >= 0.3 is 5.97 Å².